The molecule has 1 aromatic carbocycles. The number of nitrogens with one attached hydrogen (secondary N) is 1. The number of hydrogen-bond donors (Lipinski definition) is 1. The summed E-state index contributed by atoms with van der Waals surface area (Å²) in [6, 6.07) is 9.59. The molecule has 0 saturated carbocycles. The molecule has 0 radical (unpaired) electrons. The summed E-state index contributed by atoms with van der Waals surface area (Å²) < 4.78 is 5.83. The smallest absolute Gasteiger partial charge is 0.258 e. The zero-order valence-electron chi connectivity index (χ0n) is 11.1. The predicted molar refractivity (Wildman–Crippen MR) is 71.3 cm³/mol. The first kappa shape index (κ1) is 13.3. The standard InChI is InChI=1S/C15H17NO3/c1-3-12-14(15(18)16-2)11(17)9-13(19-12)10-7-5-4-6-8-10/h4-8,13H,3,9H2,1-2H3,(H,16,18). The summed E-state index contributed by atoms with van der Waals surface area (Å²) >= 11 is 0. The summed E-state index contributed by atoms with van der Waals surface area (Å²) in [5.41, 5.74) is 1.12. The van der Waals surface area contributed by atoms with Crippen molar-refractivity contribution in [1.82, 2.24) is 5.32 Å². The number of likely N-dealkylation sites (N-methyl/N-ethyl adjacent to an activating group) is 1. The van der Waals surface area contributed by atoms with E-state index in [1.165, 1.54) is 7.05 Å². The monoisotopic (exact) mass is 259 g/mol. The molecule has 1 N–H and O–H groups in total. The summed E-state index contributed by atoms with van der Waals surface area (Å²) in [5, 5.41) is 2.49. The van der Waals surface area contributed by atoms with Crippen LogP contribution in [0.25, 0.3) is 0 Å². The highest BCUT2D eigenvalue weighted by molar-refractivity contribution is 6.20. The van der Waals surface area contributed by atoms with Crippen LogP contribution >= 0.6 is 0 Å². The number of ketones is 1. The minimum absolute atomic E-state index is 0.156. The second kappa shape index (κ2) is 5.69. The van der Waals surface area contributed by atoms with Gasteiger partial charge in [-0.2, -0.15) is 0 Å². The SMILES string of the molecule is CCC1=C(C(=O)NC)C(=O)CC(c2ccccc2)O1. The number of rotatable bonds is 3. The minimum Gasteiger partial charge on any atom is -0.489 e. The van der Waals surface area contributed by atoms with Gasteiger partial charge in [0.2, 0.25) is 0 Å². The van der Waals surface area contributed by atoms with Crippen molar-refractivity contribution in [2.24, 2.45) is 0 Å². The Morgan fingerprint density at radius 1 is 1.37 bits per heavy atom. The van der Waals surface area contributed by atoms with Crippen molar-refractivity contribution in [1.29, 1.82) is 0 Å². The molecule has 0 aromatic heterocycles. The van der Waals surface area contributed by atoms with Crippen molar-refractivity contribution in [2.75, 3.05) is 7.05 Å². The van der Waals surface area contributed by atoms with Gasteiger partial charge in [-0.1, -0.05) is 37.3 Å². The number of carbonyl (C=O) groups is 2. The zero-order valence-corrected chi connectivity index (χ0v) is 11.1. The Bertz CT molecular complexity index is 519. The average Bonchev–Trinajstić information content (AvgIpc) is 2.46. The fraction of sp³-hybridized carbons (Fsp3) is 0.333. The highest BCUT2D eigenvalue weighted by Crippen LogP contribution is 2.33. The van der Waals surface area contributed by atoms with Crippen LogP contribution < -0.4 is 5.32 Å². The first-order valence-electron chi connectivity index (χ1n) is 6.37. The fourth-order valence-electron chi connectivity index (χ4n) is 2.19. The summed E-state index contributed by atoms with van der Waals surface area (Å²) in [7, 11) is 1.51. The molecule has 0 saturated heterocycles. The van der Waals surface area contributed by atoms with Gasteiger partial charge in [-0.25, -0.2) is 0 Å². The average molecular weight is 259 g/mol. The van der Waals surface area contributed by atoms with Gasteiger partial charge >= 0.3 is 0 Å². The number of hydrogen-bond acceptors (Lipinski definition) is 3. The van der Waals surface area contributed by atoms with Crippen LogP contribution in [0, 0.1) is 0 Å². The summed E-state index contributed by atoms with van der Waals surface area (Å²) in [4.78, 5) is 23.9. The van der Waals surface area contributed by atoms with Gasteiger partial charge in [0, 0.05) is 13.5 Å². The maximum absolute atomic E-state index is 12.1. The number of carbonyl (C=O) groups excluding carboxylic acids is 2. The Kier molecular flexibility index (Phi) is 4.00. The van der Waals surface area contributed by atoms with Gasteiger partial charge in [-0.05, 0) is 5.56 Å². The Labute approximate surface area is 112 Å². The van der Waals surface area contributed by atoms with E-state index in [1.807, 2.05) is 37.3 Å². The van der Waals surface area contributed by atoms with E-state index in [0.717, 1.165) is 5.56 Å². The lowest BCUT2D eigenvalue weighted by Gasteiger charge is -2.27. The van der Waals surface area contributed by atoms with Crippen LogP contribution in [0.15, 0.2) is 41.7 Å². The van der Waals surface area contributed by atoms with Gasteiger partial charge < -0.3 is 10.1 Å². The third-order valence-corrected chi connectivity index (χ3v) is 3.16. The molecule has 100 valence electrons. The molecule has 1 aliphatic rings. The minimum atomic E-state index is -0.367. The molecule has 1 atom stereocenters. The second-order valence-electron chi connectivity index (χ2n) is 4.38. The largest absolute Gasteiger partial charge is 0.489 e. The molecule has 19 heavy (non-hydrogen) atoms. The number of Topliss-reactive ketones (excluding diaryl/α,β-unsaturated/α-hetero) is 1. The molecule has 0 bridgehead atoms. The molecular formula is C15H17NO3. The van der Waals surface area contributed by atoms with Crippen LogP contribution in [0.5, 0.6) is 0 Å². The van der Waals surface area contributed by atoms with E-state index in [0.29, 0.717) is 12.2 Å². The number of benzene rings is 1. The molecule has 1 aliphatic heterocycles. The summed E-state index contributed by atoms with van der Waals surface area (Å²) in [5.74, 6) is -0.0471. The van der Waals surface area contributed by atoms with Crippen LogP contribution in [-0.2, 0) is 14.3 Å². The number of amides is 1. The van der Waals surface area contributed by atoms with E-state index in [9.17, 15) is 9.59 Å². The maximum Gasteiger partial charge on any atom is 0.258 e. The molecule has 1 aromatic rings. The third kappa shape index (κ3) is 2.67. The van der Waals surface area contributed by atoms with Crippen molar-refractivity contribution in [3.63, 3.8) is 0 Å². The summed E-state index contributed by atoms with van der Waals surface area (Å²) in [6.07, 6.45) is 0.436. The highest BCUT2D eigenvalue weighted by atomic mass is 16.5. The van der Waals surface area contributed by atoms with E-state index < -0.39 is 0 Å². The van der Waals surface area contributed by atoms with Crippen LogP contribution in [0.3, 0.4) is 0 Å². The predicted octanol–water partition coefficient (Wildman–Crippen LogP) is 2.13. The van der Waals surface area contributed by atoms with Crippen molar-refractivity contribution in [3.8, 4) is 0 Å². The lowest BCUT2D eigenvalue weighted by atomic mass is 9.95. The van der Waals surface area contributed by atoms with E-state index >= 15 is 0 Å². The van der Waals surface area contributed by atoms with Gasteiger partial charge in [-0.3, -0.25) is 9.59 Å². The Morgan fingerprint density at radius 3 is 2.63 bits per heavy atom. The van der Waals surface area contributed by atoms with Gasteiger partial charge in [0.25, 0.3) is 5.91 Å². The van der Waals surface area contributed by atoms with Gasteiger partial charge in [0.15, 0.2) is 5.78 Å². The molecule has 2 rings (SSSR count). The van der Waals surface area contributed by atoms with E-state index in [4.69, 9.17) is 4.74 Å². The van der Waals surface area contributed by atoms with Crippen molar-refractivity contribution in [3.05, 3.63) is 47.2 Å². The highest BCUT2D eigenvalue weighted by Gasteiger charge is 2.32. The second-order valence-corrected chi connectivity index (χ2v) is 4.38. The lowest BCUT2D eigenvalue weighted by Crippen LogP contribution is -2.31. The van der Waals surface area contributed by atoms with Gasteiger partial charge in [0.05, 0.1) is 6.42 Å². The van der Waals surface area contributed by atoms with Crippen LogP contribution in [0.1, 0.15) is 31.4 Å². The third-order valence-electron chi connectivity index (χ3n) is 3.16. The number of allylic oxidation sites excluding steroid dienone is 1. The molecule has 1 unspecified atom stereocenters. The first-order chi connectivity index (χ1) is 9.17. The van der Waals surface area contributed by atoms with Crippen molar-refractivity contribution in [2.45, 2.75) is 25.9 Å². The topological polar surface area (TPSA) is 55.4 Å². The Hall–Kier alpha value is -2.10. The maximum atomic E-state index is 12.1. The molecule has 4 nitrogen and oxygen atoms in total. The first-order valence-corrected chi connectivity index (χ1v) is 6.37. The van der Waals surface area contributed by atoms with E-state index in [2.05, 4.69) is 5.32 Å². The molecule has 1 amide bonds. The van der Waals surface area contributed by atoms with Gasteiger partial charge in [0.1, 0.15) is 17.4 Å². The Morgan fingerprint density at radius 2 is 2.05 bits per heavy atom. The molecule has 0 fully saturated rings. The van der Waals surface area contributed by atoms with Crippen LogP contribution in [0.4, 0.5) is 0 Å². The van der Waals surface area contributed by atoms with E-state index in [1.54, 1.807) is 0 Å². The van der Waals surface area contributed by atoms with Crippen LogP contribution in [0.2, 0.25) is 0 Å². The number of ether oxygens (including phenoxy) is 1. The van der Waals surface area contributed by atoms with E-state index in [-0.39, 0.29) is 29.8 Å². The molecule has 0 aliphatic carbocycles. The fourth-order valence-corrected chi connectivity index (χ4v) is 2.19. The lowest BCUT2D eigenvalue weighted by molar-refractivity contribution is -0.126. The molecule has 0 spiro atoms. The molecule has 4 heteroatoms. The molecule has 1 heterocycles. The summed E-state index contributed by atoms with van der Waals surface area (Å²) in [6.45, 7) is 1.87. The zero-order chi connectivity index (χ0) is 13.8. The van der Waals surface area contributed by atoms with Crippen molar-refractivity contribution >= 4 is 11.7 Å². The van der Waals surface area contributed by atoms with Crippen molar-refractivity contribution < 1.29 is 14.3 Å². The Balaban J connectivity index is 2.32. The quantitative estimate of drug-likeness (QED) is 0.846. The van der Waals surface area contributed by atoms with Gasteiger partial charge in [-0.15, -0.1) is 0 Å². The van der Waals surface area contributed by atoms with Crippen LogP contribution in [-0.4, -0.2) is 18.7 Å². The molecular weight excluding hydrogens is 242 g/mol. The normalized spacial score (nSPS) is 19.1.